The normalized spacial score (nSPS) is 16.9. The van der Waals surface area contributed by atoms with Gasteiger partial charge in [-0.05, 0) is 26.0 Å². The van der Waals surface area contributed by atoms with E-state index < -0.39 is 0 Å². The molecule has 1 amide bonds. The molecule has 0 atom stereocenters. The molecule has 0 bridgehead atoms. The zero-order valence-corrected chi connectivity index (χ0v) is 12.8. The van der Waals surface area contributed by atoms with Gasteiger partial charge in [-0.2, -0.15) is 0 Å². The summed E-state index contributed by atoms with van der Waals surface area (Å²) in [4.78, 5) is 17.4. The van der Waals surface area contributed by atoms with Gasteiger partial charge in [-0.1, -0.05) is 12.2 Å². The van der Waals surface area contributed by atoms with Gasteiger partial charge in [0, 0.05) is 31.4 Å². The monoisotopic (exact) mass is 295 g/mol. The van der Waals surface area contributed by atoms with Crippen LogP contribution in [-0.2, 0) is 4.74 Å². The quantitative estimate of drug-likeness (QED) is 0.828. The molecule has 1 aliphatic heterocycles. The van der Waals surface area contributed by atoms with Crippen molar-refractivity contribution in [3.05, 3.63) is 28.5 Å². The SMILES string of the molecule is CC(C)(CNC(=O)c1ccc[nH]c1=S)N1CCOCC1. The van der Waals surface area contributed by atoms with Crippen LogP contribution in [-0.4, -0.2) is 54.2 Å². The molecule has 0 radical (unpaired) electrons. The summed E-state index contributed by atoms with van der Waals surface area (Å²) < 4.78 is 5.83. The lowest BCUT2D eigenvalue weighted by Crippen LogP contribution is -2.55. The number of nitrogens with one attached hydrogen (secondary N) is 2. The Labute approximate surface area is 124 Å². The first-order chi connectivity index (χ1) is 9.50. The Kier molecular flexibility index (Phi) is 4.91. The van der Waals surface area contributed by atoms with Gasteiger partial charge in [-0.15, -0.1) is 0 Å². The first kappa shape index (κ1) is 15.2. The van der Waals surface area contributed by atoms with Gasteiger partial charge in [-0.3, -0.25) is 9.69 Å². The lowest BCUT2D eigenvalue weighted by Gasteiger charge is -2.40. The first-order valence-corrected chi connectivity index (χ1v) is 7.20. The van der Waals surface area contributed by atoms with E-state index in [1.807, 2.05) is 0 Å². The summed E-state index contributed by atoms with van der Waals surface area (Å²) >= 11 is 5.12. The standard InChI is InChI=1S/C14H21N3O2S/c1-14(2,17-6-8-19-9-7-17)10-16-12(18)11-4-3-5-15-13(11)20/h3-5H,6-10H2,1-2H3,(H,15,20)(H,16,18). The number of rotatable bonds is 4. The Bertz CT molecular complexity index is 521. The van der Waals surface area contributed by atoms with E-state index >= 15 is 0 Å². The molecule has 6 heteroatoms. The number of carbonyl (C=O) groups is 1. The van der Waals surface area contributed by atoms with E-state index in [1.54, 1.807) is 18.3 Å². The number of amides is 1. The van der Waals surface area contributed by atoms with Crippen LogP contribution in [0.3, 0.4) is 0 Å². The van der Waals surface area contributed by atoms with Crippen LogP contribution in [0.15, 0.2) is 18.3 Å². The minimum atomic E-state index is -0.131. The summed E-state index contributed by atoms with van der Waals surface area (Å²) in [7, 11) is 0. The summed E-state index contributed by atoms with van der Waals surface area (Å²) in [5, 5.41) is 2.97. The fraction of sp³-hybridized carbons (Fsp3) is 0.571. The number of hydrogen-bond acceptors (Lipinski definition) is 4. The molecule has 110 valence electrons. The molecule has 2 N–H and O–H groups in total. The van der Waals surface area contributed by atoms with Gasteiger partial charge in [0.1, 0.15) is 4.64 Å². The van der Waals surface area contributed by atoms with Crippen molar-refractivity contribution in [1.82, 2.24) is 15.2 Å². The molecule has 0 unspecified atom stereocenters. The van der Waals surface area contributed by atoms with Crippen molar-refractivity contribution in [3.63, 3.8) is 0 Å². The van der Waals surface area contributed by atoms with Crippen LogP contribution in [0.1, 0.15) is 24.2 Å². The molecule has 2 heterocycles. The number of H-pyrrole nitrogens is 1. The van der Waals surface area contributed by atoms with E-state index in [9.17, 15) is 4.79 Å². The number of carbonyl (C=O) groups excluding carboxylic acids is 1. The summed E-state index contributed by atoms with van der Waals surface area (Å²) in [6, 6.07) is 3.51. The van der Waals surface area contributed by atoms with Crippen LogP contribution in [0, 0.1) is 4.64 Å². The second-order valence-corrected chi connectivity index (χ2v) is 5.92. The minimum absolute atomic E-state index is 0.0977. The molecule has 0 aromatic carbocycles. The molecular weight excluding hydrogens is 274 g/mol. The molecule has 1 aliphatic rings. The van der Waals surface area contributed by atoms with Gasteiger partial charge in [0.15, 0.2) is 0 Å². The molecule has 1 fully saturated rings. The summed E-state index contributed by atoms with van der Waals surface area (Å²) in [6.07, 6.45) is 1.72. The largest absolute Gasteiger partial charge is 0.379 e. The Morgan fingerprint density at radius 1 is 1.50 bits per heavy atom. The molecule has 0 aliphatic carbocycles. The van der Waals surface area contributed by atoms with Crippen molar-refractivity contribution in [2.24, 2.45) is 0 Å². The maximum absolute atomic E-state index is 12.2. The highest BCUT2D eigenvalue weighted by Crippen LogP contribution is 2.15. The van der Waals surface area contributed by atoms with E-state index in [1.165, 1.54) is 0 Å². The summed E-state index contributed by atoms with van der Waals surface area (Å²) in [5.41, 5.74) is 0.416. The number of morpholine rings is 1. The number of aromatic amines is 1. The van der Waals surface area contributed by atoms with Crippen LogP contribution >= 0.6 is 12.2 Å². The molecule has 1 aromatic rings. The molecule has 20 heavy (non-hydrogen) atoms. The van der Waals surface area contributed by atoms with Crippen LogP contribution in [0.25, 0.3) is 0 Å². The van der Waals surface area contributed by atoms with Crippen LogP contribution in [0.2, 0.25) is 0 Å². The maximum Gasteiger partial charge on any atom is 0.254 e. The Hall–Kier alpha value is -1.24. The molecule has 1 saturated heterocycles. The molecule has 0 spiro atoms. The first-order valence-electron chi connectivity index (χ1n) is 6.79. The van der Waals surface area contributed by atoms with E-state index in [0.717, 1.165) is 26.3 Å². The van der Waals surface area contributed by atoms with Crippen molar-refractivity contribution in [1.29, 1.82) is 0 Å². The van der Waals surface area contributed by atoms with E-state index in [-0.39, 0.29) is 11.4 Å². The van der Waals surface area contributed by atoms with E-state index in [2.05, 4.69) is 29.0 Å². The minimum Gasteiger partial charge on any atom is -0.379 e. The van der Waals surface area contributed by atoms with E-state index in [0.29, 0.717) is 16.7 Å². The van der Waals surface area contributed by atoms with Crippen LogP contribution < -0.4 is 5.32 Å². The third-order valence-electron chi connectivity index (χ3n) is 3.61. The summed E-state index contributed by atoms with van der Waals surface area (Å²) in [5.74, 6) is -0.131. The molecule has 0 saturated carbocycles. The molecular formula is C14H21N3O2S. The highest BCUT2D eigenvalue weighted by atomic mass is 32.1. The lowest BCUT2D eigenvalue weighted by atomic mass is 10.0. The summed E-state index contributed by atoms with van der Waals surface area (Å²) in [6.45, 7) is 8.13. The fourth-order valence-electron chi connectivity index (χ4n) is 2.27. The Morgan fingerprint density at radius 3 is 2.85 bits per heavy atom. The van der Waals surface area contributed by atoms with Gasteiger partial charge in [0.25, 0.3) is 5.91 Å². The topological polar surface area (TPSA) is 57.4 Å². The van der Waals surface area contributed by atoms with Gasteiger partial charge >= 0.3 is 0 Å². The second-order valence-electron chi connectivity index (χ2n) is 5.51. The Balaban J connectivity index is 1.95. The average Bonchev–Trinajstić information content (AvgIpc) is 2.46. The predicted molar refractivity (Wildman–Crippen MR) is 80.4 cm³/mol. The smallest absolute Gasteiger partial charge is 0.254 e. The van der Waals surface area contributed by atoms with Crippen molar-refractivity contribution >= 4 is 18.1 Å². The zero-order valence-electron chi connectivity index (χ0n) is 11.9. The van der Waals surface area contributed by atoms with E-state index in [4.69, 9.17) is 17.0 Å². The highest BCUT2D eigenvalue weighted by molar-refractivity contribution is 7.71. The Morgan fingerprint density at radius 2 is 2.20 bits per heavy atom. The second kappa shape index (κ2) is 6.47. The number of pyridine rings is 1. The van der Waals surface area contributed by atoms with Gasteiger partial charge in [0.2, 0.25) is 0 Å². The van der Waals surface area contributed by atoms with Gasteiger partial charge < -0.3 is 15.0 Å². The molecule has 2 rings (SSSR count). The number of aromatic nitrogens is 1. The van der Waals surface area contributed by atoms with Crippen LogP contribution in [0.4, 0.5) is 0 Å². The number of hydrogen-bond donors (Lipinski definition) is 2. The predicted octanol–water partition coefficient (Wildman–Crippen LogP) is 1.58. The highest BCUT2D eigenvalue weighted by Gasteiger charge is 2.28. The van der Waals surface area contributed by atoms with Gasteiger partial charge in [0.05, 0.1) is 18.8 Å². The maximum atomic E-state index is 12.2. The number of nitrogens with zero attached hydrogens (tertiary/aromatic N) is 1. The van der Waals surface area contributed by atoms with Crippen LogP contribution in [0.5, 0.6) is 0 Å². The fourth-order valence-corrected chi connectivity index (χ4v) is 2.50. The number of ether oxygens (including phenoxy) is 1. The molecule has 5 nitrogen and oxygen atoms in total. The van der Waals surface area contributed by atoms with Crippen molar-refractivity contribution in [3.8, 4) is 0 Å². The van der Waals surface area contributed by atoms with Gasteiger partial charge in [-0.25, -0.2) is 0 Å². The molecule has 1 aromatic heterocycles. The zero-order chi connectivity index (χ0) is 14.6. The third-order valence-corrected chi connectivity index (χ3v) is 3.95. The van der Waals surface area contributed by atoms with Crippen molar-refractivity contribution in [2.75, 3.05) is 32.8 Å². The lowest BCUT2D eigenvalue weighted by molar-refractivity contribution is -0.00923. The average molecular weight is 295 g/mol. The third kappa shape index (κ3) is 3.65. The van der Waals surface area contributed by atoms with Crippen molar-refractivity contribution < 1.29 is 9.53 Å². The van der Waals surface area contributed by atoms with Crippen molar-refractivity contribution in [2.45, 2.75) is 19.4 Å².